The van der Waals surface area contributed by atoms with Crippen molar-refractivity contribution in [3.8, 4) is 55.6 Å². The number of nitrogens with zero attached hydrogens (tertiary/aromatic N) is 2. The van der Waals surface area contributed by atoms with E-state index in [-0.39, 0.29) is 5.41 Å². The van der Waals surface area contributed by atoms with E-state index in [2.05, 4.69) is 279 Å². The number of anilines is 6. The smallest absolute Gasteiger partial charge is 0.0618 e. The summed E-state index contributed by atoms with van der Waals surface area (Å²) in [4.78, 5) is 4.91. The summed E-state index contributed by atoms with van der Waals surface area (Å²) in [5, 5.41) is 0.664. The molecule has 3 heteroatoms. The van der Waals surface area contributed by atoms with Crippen molar-refractivity contribution < 1.29 is 0 Å². The van der Waals surface area contributed by atoms with Crippen LogP contribution in [0.25, 0.3) is 55.6 Å². The minimum atomic E-state index is -0.240. The predicted octanol–water partition coefficient (Wildman–Crippen LogP) is 18.9. The van der Waals surface area contributed by atoms with Crippen LogP contribution < -0.4 is 9.80 Å². The molecular weight excluding hydrogens is 832 g/mol. The monoisotopic (exact) mass is 882 g/mol. The molecule has 0 amide bonds. The molecule has 0 fully saturated rings. The Morgan fingerprint density at radius 1 is 0.284 bits per heavy atom. The highest BCUT2D eigenvalue weighted by Gasteiger charge is 2.28. The maximum atomic E-state index is 7.00. The molecule has 10 aromatic rings. The molecule has 324 valence electrons. The summed E-state index contributed by atoms with van der Waals surface area (Å²) in [5.41, 5.74) is 18.5. The van der Waals surface area contributed by atoms with Gasteiger partial charge in [-0.15, -0.1) is 0 Å². The average molecular weight is 884 g/mol. The van der Waals surface area contributed by atoms with Crippen LogP contribution in [0.5, 0.6) is 0 Å². The fourth-order valence-electron chi connectivity index (χ4n) is 9.12. The average Bonchev–Trinajstić information content (AvgIpc) is 3.38. The van der Waals surface area contributed by atoms with Gasteiger partial charge in [0.25, 0.3) is 0 Å². The number of halogens is 1. The standard InChI is InChI=1S/C64H51ClN2/c1-64(2,3)52-42-56(45-57(43-52)67(55-33-19-32-53(65)44-55)63-60(50-28-15-7-16-29-50)36-21-37-61(63)51-30-17-8-18-31-51)66(54-40-38-47(39-41-54)46-22-9-4-10-23-46)62-58(48-24-11-5-12-25-48)34-20-35-59(62)49-26-13-6-14-27-49/h4-45H,1-3H3. The summed E-state index contributed by atoms with van der Waals surface area (Å²) < 4.78 is 0. The minimum Gasteiger partial charge on any atom is -0.309 e. The van der Waals surface area contributed by atoms with Gasteiger partial charge in [0.05, 0.1) is 11.4 Å². The first-order chi connectivity index (χ1) is 32.8. The molecule has 67 heavy (non-hydrogen) atoms. The third-order valence-electron chi connectivity index (χ3n) is 12.4. The van der Waals surface area contributed by atoms with Crippen molar-refractivity contribution in [1.82, 2.24) is 0 Å². The van der Waals surface area contributed by atoms with E-state index in [4.69, 9.17) is 11.6 Å². The number of rotatable bonds is 11. The van der Waals surface area contributed by atoms with E-state index in [1.165, 1.54) is 11.1 Å². The first-order valence-corrected chi connectivity index (χ1v) is 23.3. The maximum Gasteiger partial charge on any atom is 0.0618 e. The number of benzene rings is 10. The van der Waals surface area contributed by atoms with Crippen molar-refractivity contribution in [2.75, 3.05) is 9.80 Å². The van der Waals surface area contributed by atoms with Crippen LogP contribution in [0.2, 0.25) is 5.02 Å². The maximum absolute atomic E-state index is 7.00. The molecule has 0 aliphatic heterocycles. The Labute approximate surface area is 400 Å². The van der Waals surface area contributed by atoms with E-state index in [0.717, 1.165) is 84.2 Å². The van der Waals surface area contributed by atoms with Crippen molar-refractivity contribution >= 4 is 45.7 Å². The molecule has 0 unspecified atom stereocenters. The molecule has 0 saturated carbocycles. The van der Waals surface area contributed by atoms with Gasteiger partial charge in [-0.3, -0.25) is 0 Å². The SMILES string of the molecule is CC(C)(C)c1cc(N(c2ccc(-c3ccccc3)cc2)c2c(-c3ccccc3)cccc2-c2ccccc2)cc(N(c2cccc(Cl)c2)c2c(-c3ccccc3)cccc2-c2ccccc2)c1. The molecule has 0 aliphatic rings. The molecule has 0 aromatic heterocycles. The summed E-state index contributed by atoms with van der Waals surface area (Å²) in [7, 11) is 0. The Bertz CT molecular complexity index is 3140. The third kappa shape index (κ3) is 9.05. The molecule has 0 N–H and O–H groups in total. The Morgan fingerprint density at radius 2 is 0.627 bits per heavy atom. The summed E-state index contributed by atoms with van der Waals surface area (Å²) in [6, 6.07) is 91.4. The van der Waals surface area contributed by atoms with Gasteiger partial charge in [-0.05, 0) is 92.9 Å². The van der Waals surface area contributed by atoms with E-state index < -0.39 is 0 Å². The van der Waals surface area contributed by atoms with Crippen molar-refractivity contribution in [2.24, 2.45) is 0 Å². The fraction of sp³-hybridized carbons (Fsp3) is 0.0625. The Hall–Kier alpha value is -7.91. The molecule has 0 aliphatic carbocycles. The van der Waals surface area contributed by atoms with Crippen LogP contribution >= 0.6 is 11.6 Å². The van der Waals surface area contributed by atoms with Crippen LogP contribution in [-0.4, -0.2) is 0 Å². The van der Waals surface area contributed by atoms with Gasteiger partial charge >= 0.3 is 0 Å². The van der Waals surface area contributed by atoms with Crippen LogP contribution in [-0.2, 0) is 5.41 Å². The zero-order chi connectivity index (χ0) is 45.7. The van der Waals surface area contributed by atoms with E-state index in [1.54, 1.807) is 0 Å². The second kappa shape index (κ2) is 18.9. The first-order valence-electron chi connectivity index (χ1n) is 22.9. The predicted molar refractivity (Wildman–Crippen MR) is 287 cm³/mol. The topological polar surface area (TPSA) is 6.48 Å². The number of hydrogen-bond donors (Lipinski definition) is 0. The van der Waals surface area contributed by atoms with Crippen molar-refractivity contribution in [1.29, 1.82) is 0 Å². The normalized spacial score (nSPS) is 11.3. The lowest BCUT2D eigenvalue weighted by molar-refractivity contribution is 0.590. The van der Waals surface area contributed by atoms with E-state index >= 15 is 0 Å². The molecular formula is C64H51ClN2. The van der Waals surface area contributed by atoms with Gasteiger partial charge in [0, 0.05) is 50.0 Å². The zero-order valence-electron chi connectivity index (χ0n) is 38.0. The first kappa shape index (κ1) is 43.0. The fourth-order valence-corrected chi connectivity index (χ4v) is 9.31. The molecule has 0 atom stereocenters. The highest BCUT2D eigenvalue weighted by molar-refractivity contribution is 6.31. The molecule has 2 nitrogen and oxygen atoms in total. The molecule has 0 heterocycles. The number of hydrogen-bond acceptors (Lipinski definition) is 2. The lowest BCUT2D eigenvalue weighted by atomic mass is 9.85. The second-order valence-corrected chi connectivity index (χ2v) is 18.4. The zero-order valence-corrected chi connectivity index (χ0v) is 38.8. The van der Waals surface area contributed by atoms with Gasteiger partial charge in [0.2, 0.25) is 0 Å². The highest BCUT2D eigenvalue weighted by Crippen LogP contribution is 2.52. The van der Waals surface area contributed by atoms with Gasteiger partial charge in [0.1, 0.15) is 0 Å². The van der Waals surface area contributed by atoms with Gasteiger partial charge in [-0.2, -0.15) is 0 Å². The van der Waals surface area contributed by atoms with Crippen molar-refractivity contribution in [3.05, 3.63) is 265 Å². The lowest BCUT2D eigenvalue weighted by Gasteiger charge is -2.35. The summed E-state index contributed by atoms with van der Waals surface area (Å²) in [6.07, 6.45) is 0. The van der Waals surface area contributed by atoms with E-state index in [1.807, 2.05) is 6.07 Å². The lowest BCUT2D eigenvalue weighted by Crippen LogP contribution is -2.19. The molecule has 10 rings (SSSR count). The van der Waals surface area contributed by atoms with Crippen LogP contribution in [0.3, 0.4) is 0 Å². The second-order valence-electron chi connectivity index (χ2n) is 17.9. The Morgan fingerprint density at radius 3 is 1.00 bits per heavy atom. The molecule has 0 saturated heterocycles. The molecule has 0 radical (unpaired) electrons. The Balaban J connectivity index is 1.31. The van der Waals surface area contributed by atoms with E-state index in [0.29, 0.717) is 5.02 Å². The molecule has 0 spiro atoms. The van der Waals surface area contributed by atoms with Crippen molar-refractivity contribution in [2.45, 2.75) is 26.2 Å². The van der Waals surface area contributed by atoms with Gasteiger partial charge in [-0.25, -0.2) is 0 Å². The van der Waals surface area contributed by atoms with Gasteiger partial charge < -0.3 is 9.80 Å². The largest absolute Gasteiger partial charge is 0.309 e. The van der Waals surface area contributed by atoms with Crippen LogP contribution in [0, 0.1) is 0 Å². The van der Waals surface area contributed by atoms with Gasteiger partial charge in [-0.1, -0.05) is 239 Å². The van der Waals surface area contributed by atoms with Crippen LogP contribution in [0.4, 0.5) is 34.1 Å². The third-order valence-corrected chi connectivity index (χ3v) is 12.7. The molecule has 10 aromatic carbocycles. The molecule has 0 bridgehead atoms. The summed E-state index contributed by atoms with van der Waals surface area (Å²) >= 11 is 7.00. The van der Waals surface area contributed by atoms with Crippen LogP contribution in [0.15, 0.2) is 255 Å². The van der Waals surface area contributed by atoms with Gasteiger partial charge in [0.15, 0.2) is 0 Å². The van der Waals surface area contributed by atoms with Crippen LogP contribution in [0.1, 0.15) is 26.3 Å². The summed E-state index contributed by atoms with van der Waals surface area (Å²) in [5.74, 6) is 0. The number of para-hydroxylation sites is 2. The minimum absolute atomic E-state index is 0.240. The summed E-state index contributed by atoms with van der Waals surface area (Å²) in [6.45, 7) is 6.91. The van der Waals surface area contributed by atoms with E-state index in [9.17, 15) is 0 Å². The van der Waals surface area contributed by atoms with Crippen molar-refractivity contribution in [3.63, 3.8) is 0 Å². The quantitative estimate of drug-likeness (QED) is 0.128. The highest BCUT2D eigenvalue weighted by atomic mass is 35.5. The Kier molecular flexibility index (Phi) is 12.1.